The molecule has 2 aliphatic heterocycles. The summed E-state index contributed by atoms with van der Waals surface area (Å²) >= 11 is 5.72. The molecule has 2 unspecified atom stereocenters. The highest BCUT2D eigenvalue weighted by molar-refractivity contribution is 6.24. The number of nitrogens with zero attached hydrogens (tertiary/aromatic N) is 5. The zero-order chi connectivity index (χ0) is 19.5. The molecule has 0 aromatic heterocycles. The van der Waals surface area contributed by atoms with Gasteiger partial charge in [0, 0.05) is 56.0 Å². The van der Waals surface area contributed by atoms with Crippen LogP contribution in [0.25, 0.3) is 0 Å². The second-order valence-electron chi connectivity index (χ2n) is 7.08. The fourth-order valence-electron chi connectivity index (χ4n) is 3.63. The summed E-state index contributed by atoms with van der Waals surface area (Å²) in [4.78, 5) is 24.6. The van der Waals surface area contributed by atoms with Gasteiger partial charge in [0.05, 0.1) is 5.88 Å². The molecule has 0 aromatic rings. The summed E-state index contributed by atoms with van der Waals surface area (Å²) < 4.78 is 0. The first-order valence-corrected chi connectivity index (χ1v) is 9.41. The molecule has 2 heterocycles. The zero-order valence-corrected chi connectivity index (χ0v) is 17.0. The number of hydrogen-bond acceptors (Lipinski definition) is 6. The van der Waals surface area contributed by atoms with E-state index >= 15 is 0 Å². The molecule has 26 heavy (non-hydrogen) atoms. The molecule has 2 rings (SSSR count). The van der Waals surface area contributed by atoms with Gasteiger partial charge in [-0.25, -0.2) is 4.99 Å². The van der Waals surface area contributed by atoms with Crippen molar-refractivity contribution in [3.63, 3.8) is 0 Å². The van der Waals surface area contributed by atoms with Gasteiger partial charge in [-0.3, -0.25) is 20.0 Å². The minimum Gasteiger partial charge on any atom is -0.360 e. The van der Waals surface area contributed by atoms with Gasteiger partial charge >= 0.3 is 0 Å². The Labute approximate surface area is 160 Å². The van der Waals surface area contributed by atoms with E-state index in [1.807, 2.05) is 19.9 Å². The number of likely N-dealkylation sites (N-methyl/N-ethyl adjacent to an activating group) is 1. The number of hydrogen-bond donors (Lipinski definition) is 0. The van der Waals surface area contributed by atoms with Crippen molar-refractivity contribution < 1.29 is 4.92 Å². The quantitative estimate of drug-likeness (QED) is 0.241. The smallest absolute Gasteiger partial charge is 0.290 e. The summed E-state index contributed by atoms with van der Waals surface area (Å²) in [6, 6.07) is -0.882. The van der Waals surface area contributed by atoms with Crippen LogP contribution in [0.15, 0.2) is 32.9 Å². The van der Waals surface area contributed by atoms with E-state index < -0.39 is 11.7 Å². The second-order valence-corrected chi connectivity index (χ2v) is 7.38. The molecule has 2 aliphatic rings. The Morgan fingerprint density at radius 1 is 1.58 bits per heavy atom. The van der Waals surface area contributed by atoms with Crippen LogP contribution in [0, 0.1) is 10.1 Å². The monoisotopic (exact) mass is 381 g/mol. The summed E-state index contributed by atoms with van der Waals surface area (Å²) in [6.07, 6.45) is 5.41. The fourth-order valence-corrected chi connectivity index (χ4v) is 3.70. The van der Waals surface area contributed by atoms with Crippen LogP contribution in [-0.4, -0.2) is 71.5 Å². The number of amidine groups is 1. The van der Waals surface area contributed by atoms with Crippen LogP contribution in [0.1, 0.15) is 33.6 Å². The van der Waals surface area contributed by atoms with E-state index in [0.29, 0.717) is 11.7 Å². The summed E-state index contributed by atoms with van der Waals surface area (Å²) in [5.41, 5.74) is 2.50. The topological polar surface area (TPSA) is 74.3 Å². The van der Waals surface area contributed by atoms with E-state index in [2.05, 4.69) is 16.8 Å². The van der Waals surface area contributed by atoms with E-state index in [1.54, 1.807) is 25.2 Å². The molecule has 0 saturated carbocycles. The largest absolute Gasteiger partial charge is 0.360 e. The normalized spacial score (nSPS) is 27.5. The van der Waals surface area contributed by atoms with E-state index in [4.69, 9.17) is 16.6 Å². The predicted octanol–water partition coefficient (Wildman–Crippen LogP) is 2.95. The summed E-state index contributed by atoms with van der Waals surface area (Å²) in [5.74, 6) is 0.897. The van der Waals surface area contributed by atoms with Crippen LogP contribution in [-0.2, 0) is 0 Å². The van der Waals surface area contributed by atoms with E-state index in [9.17, 15) is 10.1 Å². The van der Waals surface area contributed by atoms with Gasteiger partial charge in [-0.05, 0) is 31.9 Å². The average Bonchev–Trinajstić information content (AvgIpc) is 2.58. The molecule has 2 atom stereocenters. The van der Waals surface area contributed by atoms with Gasteiger partial charge in [0.15, 0.2) is 5.84 Å². The van der Waals surface area contributed by atoms with Gasteiger partial charge in [-0.2, -0.15) is 0 Å². The number of nitro groups is 1. The summed E-state index contributed by atoms with van der Waals surface area (Å²) in [6.45, 7) is 7.51. The maximum Gasteiger partial charge on any atom is 0.290 e. The highest BCUT2D eigenvalue weighted by atomic mass is 35.5. The molecule has 0 saturated heterocycles. The van der Waals surface area contributed by atoms with Crippen molar-refractivity contribution in [2.45, 2.75) is 45.3 Å². The third-order valence-corrected chi connectivity index (χ3v) is 5.12. The maximum absolute atomic E-state index is 11.5. The van der Waals surface area contributed by atoms with Gasteiger partial charge < -0.3 is 4.90 Å². The van der Waals surface area contributed by atoms with Crippen molar-refractivity contribution >= 4 is 23.7 Å². The molecule has 0 bridgehead atoms. The summed E-state index contributed by atoms with van der Waals surface area (Å²) in [5, 5.41) is 11.5. The van der Waals surface area contributed by atoms with Crippen LogP contribution >= 0.6 is 11.6 Å². The molecule has 0 N–H and O–H groups in total. The average molecular weight is 382 g/mol. The first kappa shape index (κ1) is 20.6. The SMILES string of the molecule is CCC1=C(N=CCCl)CCN(C2(C)C=C(C)C([N+](=O)[O-])C(N(C)C)=N2)C1. The van der Waals surface area contributed by atoms with E-state index in [0.717, 1.165) is 37.2 Å². The molecular weight excluding hydrogens is 354 g/mol. The molecule has 7 nitrogen and oxygen atoms in total. The summed E-state index contributed by atoms with van der Waals surface area (Å²) in [7, 11) is 3.61. The molecule has 0 fully saturated rings. The van der Waals surface area contributed by atoms with Gasteiger partial charge in [0.1, 0.15) is 5.66 Å². The lowest BCUT2D eigenvalue weighted by atomic mass is 9.94. The maximum atomic E-state index is 11.5. The Balaban J connectivity index is 2.37. The number of aliphatic imine (C=N–C) groups is 2. The van der Waals surface area contributed by atoms with Crippen molar-refractivity contribution in [3.05, 3.63) is 33.0 Å². The molecule has 0 spiro atoms. The Morgan fingerprint density at radius 2 is 2.27 bits per heavy atom. The predicted molar refractivity (Wildman–Crippen MR) is 107 cm³/mol. The fraction of sp³-hybridized carbons (Fsp3) is 0.667. The standard InChI is InChI=1S/C18H28ClN5O2/c1-6-14-12-23(10-7-15(14)20-9-8-19)18(3)11-13(2)16(24(25)26)17(21-18)22(4)5/h9,11,16H,6-8,10,12H2,1-5H3. The number of alkyl halides is 1. The minimum absolute atomic E-state index is 0.267. The van der Waals surface area contributed by atoms with Gasteiger partial charge in [0.25, 0.3) is 6.04 Å². The minimum atomic E-state index is -0.882. The Morgan fingerprint density at radius 3 is 2.81 bits per heavy atom. The van der Waals surface area contributed by atoms with Crippen LogP contribution in [0.5, 0.6) is 0 Å². The van der Waals surface area contributed by atoms with Crippen molar-refractivity contribution in [1.29, 1.82) is 0 Å². The lowest BCUT2D eigenvalue weighted by Gasteiger charge is -2.42. The van der Waals surface area contributed by atoms with Crippen molar-refractivity contribution in [1.82, 2.24) is 9.80 Å². The molecule has 0 radical (unpaired) electrons. The van der Waals surface area contributed by atoms with Crippen LogP contribution in [0.4, 0.5) is 0 Å². The zero-order valence-electron chi connectivity index (χ0n) is 16.2. The van der Waals surface area contributed by atoms with Crippen LogP contribution in [0.3, 0.4) is 0 Å². The van der Waals surface area contributed by atoms with Crippen LogP contribution in [0.2, 0.25) is 0 Å². The second kappa shape index (κ2) is 8.31. The lowest BCUT2D eigenvalue weighted by molar-refractivity contribution is -0.494. The highest BCUT2D eigenvalue weighted by Gasteiger charge is 2.42. The van der Waals surface area contributed by atoms with Crippen molar-refractivity contribution in [3.8, 4) is 0 Å². The molecule has 0 aromatic carbocycles. The molecular formula is C18H28ClN5O2. The molecule has 0 aliphatic carbocycles. The van der Waals surface area contributed by atoms with Crippen molar-refractivity contribution in [2.75, 3.05) is 33.1 Å². The van der Waals surface area contributed by atoms with Gasteiger partial charge in [0.2, 0.25) is 0 Å². The van der Waals surface area contributed by atoms with Gasteiger partial charge in [-0.15, -0.1) is 11.6 Å². The molecule has 0 amide bonds. The lowest BCUT2D eigenvalue weighted by Crippen LogP contribution is -2.53. The molecule has 144 valence electrons. The first-order chi connectivity index (χ1) is 12.2. The van der Waals surface area contributed by atoms with Gasteiger partial charge in [-0.1, -0.05) is 6.92 Å². The first-order valence-electron chi connectivity index (χ1n) is 8.87. The Hall–Kier alpha value is -1.73. The van der Waals surface area contributed by atoms with E-state index in [1.165, 1.54) is 5.57 Å². The molecule has 8 heteroatoms. The number of rotatable bonds is 5. The number of dihydropyridines is 1. The van der Waals surface area contributed by atoms with Crippen molar-refractivity contribution in [2.24, 2.45) is 9.98 Å². The van der Waals surface area contributed by atoms with E-state index in [-0.39, 0.29) is 4.92 Å². The third-order valence-electron chi connectivity index (χ3n) is 4.98. The number of halogens is 1. The third kappa shape index (κ3) is 4.15. The van der Waals surface area contributed by atoms with Crippen LogP contribution < -0.4 is 0 Å². The Kier molecular flexibility index (Phi) is 6.58. The highest BCUT2D eigenvalue weighted by Crippen LogP contribution is 2.33. The Bertz CT molecular complexity index is 683.